The highest BCUT2D eigenvalue weighted by Gasteiger charge is 2.00. The third-order valence-corrected chi connectivity index (χ3v) is 4.54. The van der Waals surface area contributed by atoms with Crippen molar-refractivity contribution in [1.82, 2.24) is 15.2 Å². The lowest BCUT2D eigenvalue weighted by molar-refractivity contribution is 0.414. The van der Waals surface area contributed by atoms with Crippen LogP contribution >= 0.6 is 0 Å². The van der Waals surface area contributed by atoms with Gasteiger partial charge in [0.25, 0.3) is 5.56 Å². The zero-order valence-corrected chi connectivity index (χ0v) is 17.2. The van der Waals surface area contributed by atoms with E-state index in [4.69, 9.17) is 4.74 Å². The van der Waals surface area contributed by atoms with Gasteiger partial charge in [-0.3, -0.25) is 9.79 Å². The summed E-state index contributed by atoms with van der Waals surface area (Å²) in [6.45, 7) is 7.14. The molecule has 0 atom stereocenters. The van der Waals surface area contributed by atoms with Gasteiger partial charge in [-0.1, -0.05) is 18.2 Å². The molecule has 1 aromatic heterocycles. The normalized spacial score (nSPS) is 11.3. The van der Waals surface area contributed by atoms with Gasteiger partial charge in [0.05, 0.1) is 7.11 Å². The molecule has 0 amide bonds. The lowest BCUT2D eigenvalue weighted by Gasteiger charge is -2.12. The topological polar surface area (TPSA) is 67.7 Å². The Morgan fingerprint density at radius 2 is 1.89 bits per heavy atom. The van der Waals surface area contributed by atoms with E-state index in [0.29, 0.717) is 0 Å². The van der Waals surface area contributed by atoms with Crippen molar-refractivity contribution in [2.45, 2.75) is 39.7 Å². The molecule has 0 saturated heterocycles. The fourth-order valence-corrected chi connectivity index (χ4v) is 2.94. The summed E-state index contributed by atoms with van der Waals surface area (Å²) in [4.78, 5) is 16.5. The molecule has 6 nitrogen and oxygen atoms in total. The van der Waals surface area contributed by atoms with Crippen LogP contribution in [-0.2, 0) is 13.0 Å². The van der Waals surface area contributed by atoms with Crippen LogP contribution in [0.2, 0.25) is 0 Å². The fourth-order valence-electron chi connectivity index (χ4n) is 2.94. The number of guanidine groups is 1. The van der Waals surface area contributed by atoms with Crippen molar-refractivity contribution in [3.8, 4) is 5.75 Å². The molecule has 0 saturated carbocycles. The molecule has 0 bridgehead atoms. The summed E-state index contributed by atoms with van der Waals surface area (Å²) >= 11 is 0. The largest absolute Gasteiger partial charge is 0.497 e. The van der Waals surface area contributed by atoms with Crippen molar-refractivity contribution in [1.29, 1.82) is 0 Å². The first-order chi connectivity index (χ1) is 13.6. The van der Waals surface area contributed by atoms with Gasteiger partial charge in [0, 0.05) is 37.9 Å². The first-order valence-corrected chi connectivity index (χ1v) is 9.95. The SMILES string of the molecule is CCNC(=NCCCCn1c(C)cccc1=O)NCCc1ccc(OC)cc1. The number of rotatable bonds is 10. The smallest absolute Gasteiger partial charge is 0.250 e. The van der Waals surface area contributed by atoms with Crippen LogP contribution in [0.4, 0.5) is 0 Å². The van der Waals surface area contributed by atoms with Gasteiger partial charge in [-0.2, -0.15) is 0 Å². The van der Waals surface area contributed by atoms with E-state index >= 15 is 0 Å². The monoisotopic (exact) mass is 384 g/mol. The Morgan fingerprint density at radius 3 is 2.57 bits per heavy atom. The number of aliphatic imine (C=N–C) groups is 1. The zero-order chi connectivity index (χ0) is 20.2. The van der Waals surface area contributed by atoms with Crippen LogP contribution in [0.5, 0.6) is 5.75 Å². The van der Waals surface area contributed by atoms with Crippen molar-refractivity contribution in [2.24, 2.45) is 4.99 Å². The van der Waals surface area contributed by atoms with Crippen LogP contribution in [0.1, 0.15) is 31.0 Å². The second-order valence-corrected chi connectivity index (χ2v) is 6.65. The van der Waals surface area contributed by atoms with Crippen LogP contribution in [0.15, 0.2) is 52.3 Å². The molecule has 0 fully saturated rings. The molecule has 0 aliphatic carbocycles. The Kier molecular flexibility index (Phi) is 9.11. The summed E-state index contributed by atoms with van der Waals surface area (Å²) in [6.07, 6.45) is 2.79. The van der Waals surface area contributed by atoms with Gasteiger partial charge >= 0.3 is 0 Å². The number of methoxy groups -OCH3 is 1. The van der Waals surface area contributed by atoms with Gasteiger partial charge in [-0.05, 0) is 56.9 Å². The number of unbranched alkanes of at least 4 members (excludes halogenated alkanes) is 1. The second kappa shape index (κ2) is 11.8. The van der Waals surface area contributed by atoms with E-state index < -0.39 is 0 Å². The zero-order valence-electron chi connectivity index (χ0n) is 17.2. The second-order valence-electron chi connectivity index (χ2n) is 6.65. The molecule has 6 heteroatoms. The Labute approximate surface area is 167 Å². The number of nitrogens with one attached hydrogen (secondary N) is 2. The van der Waals surface area contributed by atoms with E-state index in [9.17, 15) is 4.79 Å². The van der Waals surface area contributed by atoms with Crippen molar-refractivity contribution in [3.05, 3.63) is 64.1 Å². The van der Waals surface area contributed by atoms with Crippen LogP contribution in [0.25, 0.3) is 0 Å². The molecule has 2 N–H and O–H groups in total. The summed E-state index contributed by atoms with van der Waals surface area (Å²) in [7, 11) is 1.68. The highest BCUT2D eigenvalue weighted by Crippen LogP contribution is 2.11. The molecule has 0 aliphatic heterocycles. The average molecular weight is 385 g/mol. The van der Waals surface area contributed by atoms with E-state index in [-0.39, 0.29) is 5.56 Å². The number of hydrogen-bond acceptors (Lipinski definition) is 3. The minimum Gasteiger partial charge on any atom is -0.497 e. The van der Waals surface area contributed by atoms with Gasteiger partial charge in [-0.25, -0.2) is 0 Å². The van der Waals surface area contributed by atoms with Crippen molar-refractivity contribution < 1.29 is 4.74 Å². The van der Waals surface area contributed by atoms with Crippen LogP contribution in [-0.4, -0.2) is 37.3 Å². The van der Waals surface area contributed by atoms with Gasteiger partial charge in [-0.15, -0.1) is 0 Å². The molecule has 0 spiro atoms. The number of ether oxygens (including phenoxy) is 1. The van der Waals surface area contributed by atoms with Crippen molar-refractivity contribution in [2.75, 3.05) is 26.7 Å². The third-order valence-electron chi connectivity index (χ3n) is 4.54. The van der Waals surface area contributed by atoms with Gasteiger partial charge < -0.3 is 19.9 Å². The molecule has 0 unspecified atom stereocenters. The molecule has 1 aromatic carbocycles. The molecule has 28 heavy (non-hydrogen) atoms. The number of hydrogen-bond donors (Lipinski definition) is 2. The number of benzene rings is 1. The Bertz CT molecular complexity index is 797. The van der Waals surface area contributed by atoms with Crippen molar-refractivity contribution in [3.63, 3.8) is 0 Å². The standard InChI is InChI=1S/C22H32N4O2/c1-4-23-22(25-16-14-19-10-12-20(28-3)13-11-19)24-15-5-6-17-26-18(2)8-7-9-21(26)27/h7-13H,4-6,14-17H2,1-3H3,(H2,23,24,25). The third kappa shape index (κ3) is 7.10. The quantitative estimate of drug-likeness (QED) is 0.375. The highest BCUT2D eigenvalue weighted by atomic mass is 16.5. The van der Waals surface area contributed by atoms with E-state index in [0.717, 1.165) is 62.8 Å². The summed E-state index contributed by atoms with van der Waals surface area (Å²) in [6, 6.07) is 13.5. The molecule has 0 aliphatic rings. The van der Waals surface area contributed by atoms with E-state index in [1.54, 1.807) is 19.2 Å². The maximum absolute atomic E-state index is 11.9. The average Bonchev–Trinajstić information content (AvgIpc) is 2.70. The first kappa shape index (κ1) is 21.5. The minimum atomic E-state index is 0.0667. The fraction of sp³-hybridized carbons (Fsp3) is 0.455. The molecular weight excluding hydrogens is 352 g/mol. The molecule has 2 aromatic rings. The van der Waals surface area contributed by atoms with Crippen LogP contribution in [0.3, 0.4) is 0 Å². The van der Waals surface area contributed by atoms with Gasteiger partial charge in [0.2, 0.25) is 0 Å². The highest BCUT2D eigenvalue weighted by molar-refractivity contribution is 5.79. The minimum absolute atomic E-state index is 0.0667. The summed E-state index contributed by atoms with van der Waals surface area (Å²) < 4.78 is 7.01. The predicted molar refractivity (Wildman–Crippen MR) is 115 cm³/mol. The Hall–Kier alpha value is -2.76. The maximum Gasteiger partial charge on any atom is 0.250 e. The van der Waals surface area contributed by atoms with E-state index in [1.165, 1.54) is 5.56 Å². The number of aryl methyl sites for hydroxylation is 1. The van der Waals surface area contributed by atoms with Crippen molar-refractivity contribution >= 4 is 5.96 Å². The lowest BCUT2D eigenvalue weighted by Crippen LogP contribution is -2.38. The molecular formula is C22H32N4O2. The van der Waals surface area contributed by atoms with Gasteiger partial charge in [0.15, 0.2) is 5.96 Å². The molecule has 2 rings (SSSR count). The van der Waals surface area contributed by atoms with Gasteiger partial charge in [0.1, 0.15) is 5.75 Å². The van der Waals surface area contributed by atoms with Crippen LogP contribution < -0.4 is 20.9 Å². The predicted octanol–water partition coefficient (Wildman–Crippen LogP) is 2.74. The maximum atomic E-state index is 11.9. The Morgan fingerprint density at radius 1 is 1.11 bits per heavy atom. The van der Waals surface area contributed by atoms with Crippen LogP contribution in [0, 0.1) is 6.92 Å². The molecule has 152 valence electrons. The number of nitrogens with zero attached hydrogens (tertiary/aromatic N) is 2. The number of pyridine rings is 1. The van der Waals surface area contributed by atoms with E-state index in [2.05, 4.69) is 34.7 Å². The summed E-state index contributed by atoms with van der Waals surface area (Å²) in [5.74, 6) is 1.71. The Balaban J connectivity index is 1.74. The first-order valence-electron chi connectivity index (χ1n) is 9.95. The number of aromatic nitrogens is 1. The lowest BCUT2D eigenvalue weighted by atomic mass is 10.1. The summed E-state index contributed by atoms with van der Waals surface area (Å²) in [5.41, 5.74) is 2.33. The molecule has 0 radical (unpaired) electrons. The molecule has 1 heterocycles. The van der Waals surface area contributed by atoms with E-state index in [1.807, 2.05) is 29.7 Å². The summed E-state index contributed by atoms with van der Waals surface area (Å²) in [5, 5.41) is 6.65.